The van der Waals surface area contributed by atoms with Gasteiger partial charge >= 0.3 is 30.3 Å². The minimum Gasteiger partial charge on any atom is -0.492 e. The van der Waals surface area contributed by atoms with Crippen LogP contribution in [0.5, 0.6) is 5.75 Å². The van der Waals surface area contributed by atoms with E-state index in [1.54, 1.807) is 49.4 Å². The van der Waals surface area contributed by atoms with E-state index in [-0.39, 0.29) is 38.5 Å². The van der Waals surface area contributed by atoms with Crippen LogP contribution in [0.1, 0.15) is 18.1 Å². The fraction of sp³-hybridized carbons (Fsp3) is 0.481. The second-order valence-electron chi connectivity index (χ2n) is 8.75. The van der Waals surface area contributed by atoms with Crippen LogP contribution in [0.4, 0.5) is 35.5 Å². The van der Waals surface area contributed by atoms with Gasteiger partial charge in [0.2, 0.25) is 0 Å². The highest BCUT2D eigenvalue weighted by Crippen LogP contribution is 2.46. The summed E-state index contributed by atoms with van der Waals surface area (Å²) in [5.74, 6) is -7.30. The third-order valence-corrected chi connectivity index (χ3v) is 5.70. The van der Waals surface area contributed by atoms with Gasteiger partial charge in [-0.05, 0) is 30.2 Å². The number of carbonyl (C=O) groups excluding carboxylic acids is 1. The van der Waals surface area contributed by atoms with Crippen LogP contribution in [-0.2, 0) is 31.8 Å². The molecular weight excluding hydrogens is 583 g/mol. The van der Waals surface area contributed by atoms with Crippen LogP contribution < -0.4 is 4.74 Å². The van der Waals surface area contributed by atoms with E-state index in [4.69, 9.17) is 14.2 Å². The molecule has 1 atom stereocenters. The van der Waals surface area contributed by atoms with E-state index < -0.39 is 49.5 Å². The van der Waals surface area contributed by atoms with Crippen LogP contribution in [0.25, 0.3) is 0 Å². The first-order valence-electron chi connectivity index (χ1n) is 12.7. The molecule has 8 nitrogen and oxygen atoms in total. The zero-order chi connectivity index (χ0) is 31.4. The summed E-state index contributed by atoms with van der Waals surface area (Å²) in [5, 5.41) is 9.20. The van der Waals surface area contributed by atoms with Crippen LogP contribution >= 0.6 is 0 Å². The van der Waals surface area contributed by atoms with Gasteiger partial charge in [-0.25, -0.2) is 9.59 Å². The third kappa shape index (κ3) is 10.4. The van der Waals surface area contributed by atoms with E-state index in [9.17, 15) is 45.4 Å². The molecule has 234 valence electrons. The van der Waals surface area contributed by atoms with Gasteiger partial charge in [-0.15, -0.1) is 0 Å². The topological polar surface area (TPSA) is 94.5 Å². The van der Waals surface area contributed by atoms with Crippen LogP contribution in [0.15, 0.2) is 54.6 Å². The summed E-state index contributed by atoms with van der Waals surface area (Å²) in [6, 6.07) is 15.0. The van der Waals surface area contributed by atoms with Crippen molar-refractivity contribution < 1.29 is 64.4 Å². The van der Waals surface area contributed by atoms with Gasteiger partial charge in [-0.3, -0.25) is 0 Å². The molecule has 0 aliphatic heterocycles. The highest BCUT2D eigenvalue weighted by molar-refractivity contribution is 5.72. The Labute approximate surface area is 236 Å². The first kappa shape index (κ1) is 34.6. The lowest BCUT2D eigenvalue weighted by Gasteiger charge is -2.28. The second-order valence-corrected chi connectivity index (χ2v) is 8.75. The van der Waals surface area contributed by atoms with E-state index in [0.29, 0.717) is 12.0 Å². The first-order valence-corrected chi connectivity index (χ1v) is 12.7. The summed E-state index contributed by atoms with van der Waals surface area (Å²) < 4.78 is 110. The monoisotopic (exact) mass is 613 g/mol. The van der Waals surface area contributed by atoms with Gasteiger partial charge in [0.1, 0.15) is 12.4 Å². The third-order valence-electron chi connectivity index (χ3n) is 5.70. The molecule has 0 heterocycles. The van der Waals surface area contributed by atoms with Crippen molar-refractivity contribution in [3.05, 3.63) is 65.7 Å². The van der Waals surface area contributed by atoms with Gasteiger partial charge in [0.25, 0.3) is 0 Å². The summed E-state index contributed by atoms with van der Waals surface area (Å²) >= 11 is 0. The Hall–Kier alpha value is -3.59. The fourth-order valence-corrected chi connectivity index (χ4v) is 3.45. The second kappa shape index (κ2) is 15.6. The number of alkyl halides is 7. The number of benzene rings is 2. The first-order chi connectivity index (χ1) is 19.7. The number of carboxylic acids is 1. The molecule has 0 aromatic heterocycles. The van der Waals surface area contributed by atoms with Crippen LogP contribution in [0, 0.1) is 0 Å². The molecule has 1 unspecified atom stereocenters. The lowest BCUT2D eigenvalue weighted by molar-refractivity contribution is -0.423. The average Bonchev–Trinajstić information content (AvgIpc) is 2.92. The Balaban J connectivity index is 1.98. The van der Waals surface area contributed by atoms with E-state index >= 15 is 0 Å². The number of rotatable bonds is 17. The molecule has 0 aliphatic carbocycles. The summed E-state index contributed by atoms with van der Waals surface area (Å²) in [6.07, 6.45) is -14.2. The highest BCUT2D eigenvalue weighted by atomic mass is 19.4. The van der Waals surface area contributed by atoms with Crippen molar-refractivity contribution in [1.29, 1.82) is 0 Å². The number of aliphatic carboxylic acids is 1. The quantitative estimate of drug-likeness (QED) is 0.233. The number of halogens is 7. The molecule has 0 aliphatic rings. The number of nitrogens with zero attached hydrogens (tertiary/aromatic N) is 1. The largest absolute Gasteiger partial charge is 0.492 e. The maximum Gasteiger partial charge on any atom is 0.462 e. The van der Waals surface area contributed by atoms with Gasteiger partial charge in [-0.2, -0.15) is 30.7 Å². The van der Waals surface area contributed by atoms with Gasteiger partial charge in [0.05, 0.1) is 19.8 Å². The summed E-state index contributed by atoms with van der Waals surface area (Å²) in [6.45, 7) is -1.04. The normalized spacial score (nSPS) is 13.0. The van der Waals surface area contributed by atoms with E-state index in [1.807, 2.05) is 0 Å². The molecule has 1 amide bonds. The fourth-order valence-electron chi connectivity index (χ4n) is 3.45. The highest BCUT2D eigenvalue weighted by Gasteiger charge is 2.74. The SMILES string of the molecule is CCOC(Cc1ccc(OCCN(CCOC(F)(F)C(F)(F)C(F)(F)F)C(=O)OCCc2ccccc2)cc1)C(=O)O. The van der Waals surface area contributed by atoms with Crippen molar-refractivity contribution in [1.82, 2.24) is 4.90 Å². The number of hydrogen-bond donors (Lipinski definition) is 1. The standard InChI is InChI=1S/C27H30F7NO7/c1-2-39-22(23(36)37)18-20-8-10-21(11-9-20)40-16-13-35(24(38)41-15-12-19-6-4-3-5-7-19)14-17-42-27(33,34)25(28,29)26(30,31)32/h3-11,22H,2,12-18H2,1H3,(H,36,37). The van der Waals surface area contributed by atoms with Crippen molar-refractivity contribution in [3.63, 3.8) is 0 Å². The van der Waals surface area contributed by atoms with Crippen LogP contribution in [0.3, 0.4) is 0 Å². The predicted octanol–water partition coefficient (Wildman–Crippen LogP) is 5.59. The molecule has 0 radical (unpaired) electrons. The zero-order valence-electron chi connectivity index (χ0n) is 22.4. The number of ether oxygens (including phenoxy) is 4. The average molecular weight is 614 g/mol. The summed E-state index contributed by atoms with van der Waals surface area (Å²) in [7, 11) is 0. The lowest BCUT2D eigenvalue weighted by atomic mass is 10.1. The van der Waals surface area contributed by atoms with Crippen molar-refractivity contribution in [3.8, 4) is 5.75 Å². The number of carbonyl (C=O) groups is 2. The number of amides is 1. The molecule has 0 saturated carbocycles. The molecule has 0 spiro atoms. The number of hydrogen-bond acceptors (Lipinski definition) is 6. The van der Waals surface area contributed by atoms with Crippen molar-refractivity contribution in [2.45, 2.75) is 44.1 Å². The Bertz CT molecular complexity index is 1120. The molecule has 15 heteroatoms. The van der Waals surface area contributed by atoms with Crippen molar-refractivity contribution in [2.24, 2.45) is 0 Å². The van der Waals surface area contributed by atoms with Crippen LogP contribution in [0.2, 0.25) is 0 Å². The molecule has 1 N–H and O–H groups in total. The lowest BCUT2D eigenvalue weighted by Crippen LogP contribution is -2.54. The molecule has 0 fully saturated rings. The van der Waals surface area contributed by atoms with Crippen LogP contribution in [-0.4, -0.2) is 85.9 Å². The minimum absolute atomic E-state index is 0.0874. The Morgan fingerprint density at radius 3 is 2.05 bits per heavy atom. The van der Waals surface area contributed by atoms with E-state index in [1.165, 1.54) is 12.1 Å². The van der Waals surface area contributed by atoms with Gasteiger partial charge in [0, 0.05) is 26.0 Å². The van der Waals surface area contributed by atoms with Crippen molar-refractivity contribution in [2.75, 3.05) is 39.5 Å². The molecule has 2 aromatic rings. The Morgan fingerprint density at radius 1 is 0.857 bits per heavy atom. The van der Waals surface area contributed by atoms with Crippen molar-refractivity contribution >= 4 is 12.1 Å². The molecule has 0 bridgehead atoms. The molecule has 42 heavy (non-hydrogen) atoms. The van der Waals surface area contributed by atoms with Gasteiger partial charge in [-0.1, -0.05) is 42.5 Å². The van der Waals surface area contributed by atoms with Gasteiger partial charge < -0.3 is 29.0 Å². The number of carboxylic acid groups (broad SMARTS) is 1. The Kier molecular flexibility index (Phi) is 12.8. The molecule has 2 aromatic carbocycles. The van der Waals surface area contributed by atoms with E-state index in [0.717, 1.165) is 10.5 Å². The van der Waals surface area contributed by atoms with E-state index in [2.05, 4.69) is 4.74 Å². The minimum atomic E-state index is -6.56. The maximum atomic E-state index is 13.5. The van der Waals surface area contributed by atoms with Gasteiger partial charge in [0.15, 0.2) is 6.10 Å². The molecule has 0 saturated heterocycles. The summed E-state index contributed by atoms with van der Waals surface area (Å²) in [5.41, 5.74) is 1.44. The predicted molar refractivity (Wildman–Crippen MR) is 134 cm³/mol. The maximum absolute atomic E-state index is 13.5. The molecule has 2 rings (SSSR count). The molecular formula is C27H30F7NO7. The zero-order valence-corrected chi connectivity index (χ0v) is 22.4. The summed E-state index contributed by atoms with van der Waals surface area (Å²) in [4.78, 5) is 24.6. The smallest absolute Gasteiger partial charge is 0.462 e. The Morgan fingerprint density at radius 2 is 1.48 bits per heavy atom.